The molecule has 2 aromatic rings. The Kier molecular flexibility index (Phi) is 4.17. The molecular formula is C17H19NO3. The molecule has 4 heteroatoms. The van der Waals surface area contributed by atoms with Crippen molar-refractivity contribution >= 4 is 11.5 Å². The van der Waals surface area contributed by atoms with Crippen molar-refractivity contribution in [2.24, 2.45) is 0 Å². The lowest BCUT2D eigenvalue weighted by Crippen LogP contribution is -2.09. The minimum absolute atomic E-state index is 0.116. The number of nitrogen functional groups attached to an aromatic ring is 1. The Hall–Kier alpha value is -2.49. The summed E-state index contributed by atoms with van der Waals surface area (Å²) in [6, 6.07) is 8.89. The Balaban J connectivity index is 2.53. The van der Waals surface area contributed by atoms with E-state index in [9.17, 15) is 4.79 Å². The fraction of sp³-hybridized carbons (Fsp3) is 0.235. The number of benzene rings is 2. The minimum Gasteiger partial charge on any atom is -0.496 e. The third-order valence-electron chi connectivity index (χ3n) is 3.52. The molecule has 0 heterocycles. The lowest BCUT2D eigenvalue weighted by molar-refractivity contribution is 0.103. The molecule has 0 unspecified atom stereocenters. The van der Waals surface area contributed by atoms with E-state index in [1.54, 1.807) is 25.3 Å². The van der Waals surface area contributed by atoms with Crippen molar-refractivity contribution < 1.29 is 14.3 Å². The number of rotatable bonds is 4. The van der Waals surface area contributed by atoms with E-state index in [0.29, 0.717) is 22.6 Å². The summed E-state index contributed by atoms with van der Waals surface area (Å²) >= 11 is 0. The first kappa shape index (κ1) is 14.9. The third-order valence-corrected chi connectivity index (χ3v) is 3.52. The zero-order valence-corrected chi connectivity index (χ0v) is 12.7. The van der Waals surface area contributed by atoms with Crippen LogP contribution in [0.15, 0.2) is 30.3 Å². The molecule has 0 spiro atoms. The summed E-state index contributed by atoms with van der Waals surface area (Å²) in [5.41, 5.74) is 9.19. The van der Waals surface area contributed by atoms with Crippen molar-refractivity contribution in [1.82, 2.24) is 0 Å². The summed E-state index contributed by atoms with van der Waals surface area (Å²) in [6.45, 7) is 3.79. The van der Waals surface area contributed by atoms with Crippen LogP contribution in [0.5, 0.6) is 11.5 Å². The maximum absolute atomic E-state index is 12.7. The maximum Gasteiger partial charge on any atom is 0.195 e. The Labute approximate surface area is 124 Å². The molecule has 0 aliphatic carbocycles. The van der Waals surface area contributed by atoms with Gasteiger partial charge in [0, 0.05) is 11.1 Å². The number of aryl methyl sites for hydroxylation is 2. The first-order valence-electron chi connectivity index (χ1n) is 6.62. The average Bonchev–Trinajstić information content (AvgIpc) is 2.48. The first-order chi connectivity index (χ1) is 9.99. The zero-order chi connectivity index (χ0) is 15.6. The number of nitrogens with two attached hydrogens (primary N) is 1. The van der Waals surface area contributed by atoms with Crippen LogP contribution < -0.4 is 15.2 Å². The molecule has 110 valence electrons. The van der Waals surface area contributed by atoms with Gasteiger partial charge in [-0.2, -0.15) is 0 Å². The van der Waals surface area contributed by atoms with Crippen molar-refractivity contribution in [2.75, 3.05) is 20.0 Å². The molecule has 0 bridgehead atoms. The van der Waals surface area contributed by atoms with Gasteiger partial charge in [0.25, 0.3) is 0 Å². The number of anilines is 1. The summed E-state index contributed by atoms with van der Waals surface area (Å²) < 4.78 is 10.4. The molecule has 0 atom stereocenters. The second kappa shape index (κ2) is 5.87. The van der Waals surface area contributed by atoms with E-state index in [-0.39, 0.29) is 5.78 Å². The van der Waals surface area contributed by atoms with E-state index in [4.69, 9.17) is 15.2 Å². The predicted molar refractivity (Wildman–Crippen MR) is 83.3 cm³/mol. The van der Waals surface area contributed by atoms with Gasteiger partial charge in [0.1, 0.15) is 11.5 Å². The van der Waals surface area contributed by atoms with Gasteiger partial charge in [0.2, 0.25) is 0 Å². The Morgan fingerprint density at radius 1 is 0.952 bits per heavy atom. The van der Waals surface area contributed by atoms with Gasteiger partial charge in [0.15, 0.2) is 5.78 Å². The molecule has 4 nitrogen and oxygen atoms in total. The summed E-state index contributed by atoms with van der Waals surface area (Å²) in [5.74, 6) is 1.15. The van der Waals surface area contributed by atoms with Gasteiger partial charge in [-0.05, 0) is 49.2 Å². The minimum atomic E-state index is -0.116. The molecule has 0 amide bonds. The van der Waals surface area contributed by atoms with Gasteiger partial charge < -0.3 is 15.2 Å². The van der Waals surface area contributed by atoms with Crippen molar-refractivity contribution in [3.8, 4) is 11.5 Å². The van der Waals surface area contributed by atoms with E-state index in [1.165, 1.54) is 7.11 Å². The summed E-state index contributed by atoms with van der Waals surface area (Å²) in [5, 5.41) is 0. The number of ether oxygens (including phenoxy) is 2. The molecule has 0 fully saturated rings. The lowest BCUT2D eigenvalue weighted by atomic mass is 9.95. The molecule has 0 aromatic heterocycles. The van der Waals surface area contributed by atoms with Crippen LogP contribution >= 0.6 is 0 Å². The predicted octanol–water partition coefficient (Wildman–Crippen LogP) is 3.13. The normalized spacial score (nSPS) is 10.3. The molecule has 0 radical (unpaired) electrons. The van der Waals surface area contributed by atoms with Crippen LogP contribution in [0.25, 0.3) is 0 Å². The number of hydrogen-bond acceptors (Lipinski definition) is 4. The van der Waals surface area contributed by atoms with Crippen LogP contribution in [0.3, 0.4) is 0 Å². The fourth-order valence-corrected chi connectivity index (χ4v) is 2.32. The number of carbonyl (C=O) groups excluding carboxylic acids is 1. The topological polar surface area (TPSA) is 61.5 Å². The monoisotopic (exact) mass is 285 g/mol. The highest BCUT2D eigenvalue weighted by atomic mass is 16.5. The molecule has 0 saturated carbocycles. The molecule has 2 aromatic carbocycles. The zero-order valence-electron chi connectivity index (χ0n) is 12.7. The van der Waals surface area contributed by atoms with Crippen LogP contribution in [0, 0.1) is 13.8 Å². The van der Waals surface area contributed by atoms with Crippen molar-refractivity contribution in [3.05, 3.63) is 52.6 Å². The van der Waals surface area contributed by atoms with Crippen molar-refractivity contribution in [2.45, 2.75) is 13.8 Å². The molecule has 0 aliphatic rings. The van der Waals surface area contributed by atoms with Crippen LogP contribution in [0.4, 0.5) is 5.69 Å². The Bertz CT molecular complexity index is 693. The molecule has 21 heavy (non-hydrogen) atoms. The van der Waals surface area contributed by atoms with Gasteiger partial charge in [-0.25, -0.2) is 0 Å². The van der Waals surface area contributed by atoms with Gasteiger partial charge in [-0.15, -0.1) is 0 Å². The van der Waals surface area contributed by atoms with Crippen LogP contribution in [0.2, 0.25) is 0 Å². The Morgan fingerprint density at radius 2 is 1.62 bits per heavy atom. The molecule has 2 rings (SSSR count). The van der Waals surface area contributed by atoms with E-state index in [2.05, 4.69) is 0 Å². The summed E-state index contributed by atoms with van der Waals surface area (Å²) in [4.78, 5) is 12.7. The van der Waals surface area contributed by atoms with Crippen LogP contribution in [-0.2, 0) is 0 Å². The smallest absolute Gasteiger partial charge is 0.195 e. The van der Waals surface area contributed by atoms with Crippen molar-refractivity contribution in [1.29, 1.82) is 0 Å². The second-order valence-electron chi connectivity index (χ2n) is 4.89. The SMILES string of the molecule is COc1cc(C)c(C(=O)c2cccc(OC)c2N)cc1C. The second-order valence-corrected chi connectivity index (χ2v) is 4.89. The third kappa shape index (κ3) is 2.70. The van der Waals surface area contributed by atoms with Crippen molar-refractivity contribution in [3.63, 3.8) is 0 Å². The fourth-order valence-electron chi connectivity index (χ4n) is 2.32. The molecule has 0 saturated heterocycles. The number of para-hydroxylation sites is 1. The molecular weight excluding hydrogens is 266 g/mol. The molecule has 0 aliphatic heterocycles. The van der Waals surface area contributed by atoms with E-state index in [0.717, 1.165) is 16.9 Å². The van der Waals surface area contributed by atoms with Crippen LogP contribution in [-0.4, -0.2) is 20.0 Å². The first-order valence-corrected chi connectivity index (χ1v) is 6.62. The highest BCUT2D eigenvalue weighted by molar-refractivity contribution is 6.13. The highest BCUT2D eigenvalue weighted by Gasteiger charge is 2.18. The largest absolute Gasteiger partial charge is 0.496 e. The van der Waals surface area contributed by atoms with Gasteiger partial charge >= 0.3 is 0 Å². The van der Waals surface area contributed by atoms with E-state index in [1.807, 2.05) is 26.0 Å². The summed E-state index contributed by atoms with van der Waals surface area (Å²) in [7, 11) is 3.14. The summed E-state index contributed by atoms with van der Waals surface area (Å²) in [6.07, 6.45) is 0. The quantitative estimate of drug-likeness (QED) is 0.692. The average molecular weight is 285 g/mol. The van der Waals surface area contributed by atoms with Gasteiger partial charge in [0.05, 0.1) is 19.9 Å². The highest BCUT2D eigenvalue weighted by Crippen LogP contribution is 2.29. The number of methoxy groups -OCH3 is 2. The maximum atomic E-state index is 12.7. The Morgan fingerprint density at radius 3 is 2.24 bits per heavy atom. The van der Waals surface area contributed by atoms with Crippen LogP contribution in [0.1, 0.15) is 27.0 Å². The van der Waals surface area contributed by atoms with E-state index >= 15 is 0 Å². The number of carbonyl (C=O) groups is 1. The number of hydrogen-bond donors (Lipinski definition) is 1. The molecule has 2 N–H and O–H groups in total. The standard InChI is InChI=1S/C17H19NO3/c1-10-9-15(21-4)11(2)8-13(10)17(19)12-6-5-7-14(20-3)16(12)18/h5-9H,18H2,1-4H3. The van der Waals surface area contributed by atoms with Gasteiger partial charge in [-0.3, -0.25) is 4.79 Å². The lowest BCUT2D eigenvalue weighted by Gasteiger charge is -2.13. The van der Waals surface area contributed by atoms with E-state index < -0.39 is 0 Å². The number of ketones is 1. The van der Waals surface area contributed by atoms with Gasteiger partial charge in [-0.1, -0.05) is 6.07 Å².